The van der Waals surface area contributed by atoms with E-state index in [-0.39, 0.29) is 0 Å². The maximum Gasteiger partial charge on any atom is 0.153 e. The molecule has 3 rings (SSSR count). The molecule has 24 heavy (non-hydrogen) atoms. The monoisotopic (exact) mass is 325 g/mol. The standard InChI is InChI=1S/C17H23N7/c1-3-4-5-14-23-12(2)10-15(24-14)18-8-9-20-17-16-13(6-7-19-16)21-11-22-17/h6-7,10-11,19H,3-5,8-9H2,1-2H3,(H,18,23,24)(H,20,21,22). The molecule has 0 aliphatic carbocycles. The van der Waals surface area contributed by atoms with Crippen LogP contribution in [-0.2, 0) is 6.42 Å². The first-order valence-electron chi connectivity index (χ1n) is 8.36. The van der Waals surface area contributed by atoms with Crippen molar-refractivity contribution in [2.75, 3.05) is 23.7 Å². The van der Waals surface area contributed by atoms with Crippen molar-refractivity contribution in [1.29, 1.82) is 0 Å². The number of aromatic nitrogens is 5. The highest BCUT2D eigenvalue weighted by atomic mass is 15.1. The Morgan fingerprint density at radius 3 is 2.88 bits per heavy atom. The molecule has 0 aliphatic heterocycles. The van der Waals surface area contributed by atoms with Gasteiger partial charge in [-0.05, 0) is 19.4 Å². The molecular weight excluding hydrogens is 302 g/mol. The number of hydrogen-bond acceptors (Lipinski definition) is 6. The number of aromatic amines is 1. The van der Waals surface area contributed by atoms with Gasteiger partial charge in [-0.15, -0.1) is 0 Å². The van der Waals surface area contributed by atoms with Crippen molar-refractivity contribution < 1.29 is 0 Å². The molecule has 3 heterocycles. The highest BCUT2D eigenvalue weighted by Gasteiger charge is 2.04. The molecule has 0 atom stereocenters. The van der Waals surface area contributed by atoms with Gasteiger partial charge in [0.05, 0.1) is 5.52 Å². The minimum absolute atomic E-state index is 0.735. The molecule has 3 aromatic heterocycles. The predicted octanol–water partition coefficient (Wildman–Crippen LogP) is 2.92. The third kappa shape index (κ3) is 3.98. The third-order valence-electron chi connectivity index (χ3n) is 3.72. The van der Waals surface area contributed by atoms with Crippen LogP contribution >= 0.6 is 0 Å². The van der Waals surface area contributed by atoms with E-state index in [4.69, 9.17) is 0 Å². The van der Waals surface area contributed by atoms with Gasteiger partial charge in [0, 0.05) is 37.5 Å². The van der Waals surface area contributed by atoms with E-state index >= 15 is 0 Å². The zero-order valence-corrected chi connectivity index (χ0v) is 14.1. The maximum atomic E-state index is 4.58. The van der Waals surface area contributed by atoms with Gasteiger partial charge in [-0.3, -0.25) is 0 Å². The highest BCUT2D eigenvalue weighted by Crippen LogP contribution is 2.16. The van der Waals surface area contributed by atoms with Gasteiger partial charge in [0.15, 0.2) is 5.82 Å². The highest BCUT2D eigenvalue weighted by molar-refractivity contribution is 5.85. The molecule has 0 spiro atoms. The second kappa shape index (κ2) is 7.72. The van der Waals surface area contributed by atoms with E-state index in [2.05, 4.69) is 42.5 Å². The van der Waals surface area contributed by atoms with E-state index in [1.165, 1.54) is 0 Å². The van der Waals surface area contributed by atoms with E-state index in [0.29, 0.717) is 0 Å². The zero-order chi connectivity index (χ0) is 16.8. The van der Waals surface area contributed by atoms with Crippen LogP contribution in [0.25, 0.3) is 11.0 Å². The number of rotatable bonds is 8. The predicted molar refractivity (Wildman–Crippen MR) is 96.2 cm³/mol. The quantitative estimate of drug-likeness (QED) is 0.552. The fourth-order valence-corrected chi connectivity index (χ4v) is 2.54. The zero-order valence-electron chi connectivity index (χ0n) is 14.1. The van der Waals surface area contributed by atoms with E-state index in [1.807, 2.05) is 25.3 Å². The van der Waals surface area contributed by atoms with Crippen LogP contribution in [-0.4, -0.2) is 38.0 Å². The number of aryl methyl sites for hydroxylation is 2. The summed E-state index contributed by atoms with van der Waals surface area (Å²) in [6.45, 7) is 5.66. The van der Waals surface area contributed by atoms with Crippen molar-refractivity contribution in [3.8, 4) is 0 Å². The van der Waals surface area contributed by atoms with Crippen LogP contribution in [0.1, 0.15) is 31.3 Å². The molecule has 7 nitrogen and oxygen atoms in total. The lowest BCUT2D eigenvalue weighted by Crippen LogP contribution is -2.16. The van der Waals surface area contributed by atoms with Gasteiger partial charge >= 0.3 is 0 Å². The van der Waals surface area contributed by atoms with E-state index in [9.17, 15) is 0 Å². The SMILES string of the molecule is CCCCc1nc(C)cc(NCCNc2ncnc3cc[nH]c23)n1. The normalized spacial score (nSPS) is 10.9. The molecule has 0 fully saturated rings. The Kier molecular flexibility index (Phi) is 5.20. The summed E-state index contributed by atoms with van der Waals surface area (Å²) in [5, 5.41) is 6.67. The van der Waals surface area contributed by atoms with Gasteiger partial charge in [0.2, 0.25) is 0 Å². The molecule has 3 N–H and O–H groups in total. The summed E-state index contributed by atoms with van der Waals surface area (Å²) in [7, 11) is 0. The van der Waals surface area contributed by atoms with Crippen LogP contribution in [0.4, 0.5) is 11.6 Å². The van der Waals surface area contributed by atoms with Crippen molar-refractivity contribution in [2.45, 2.75) is 33.1 Å². The molecule has 0 saturated heterocycles. The summed E-state index contributed by atoms with van der Waals surface area (Å²) in [5.74, 6) is 2.61. The fraction of sp³-hybridized carbons (Fsp3) is 0.412. The molecule has 0 saturated carbocycles. The second-order valence-electron chi connectivity index (χ2n) is 5.73. The molecule has 3 aromatic rings. The molecule has 0 aliphatic rings. The largest absolute Gasteiger partial charge is 0.368 e. The second-order valence-corrected chi connectivity index (χ2v) is 5.73. The molecule has 0 amide bonds. The minimum Gasteiger partial charge on any atom is -0.368 e. The van der Waals surface area contributed by atoms with E-state index in [0.717, 1.165) is 66.5 Å². The number of hydrogen-bond donors (Lipinski definition) is 3. The number of unbranched alkanes of at least 4 members (excludes halogenated alkanes) is 1. The number of nitrogens with one attached hydrogen (secondary N) is 3. The Morgan fingerprint density at radius 2 is 2.00 bits per heavy atom. The lowest BCUT2D eigenvalue weighted by molar-refractivity contribution is 0.748. The lowest BCUT2D eigenvalue weighted by atomic mass is 10.2. The number of fused-ring (bicyclic) bond motifs is 1. The van der Waals surface area contributed by atoms with Crippen molar-refractivity contribution in [1.82, 2.24) is 24.9 Å². The van der Waals surface area contributed by atoms with Crippen molar-refractivity contribution in [2.24, 2.45) is 0 Å². The number of anilines is 2. The summed E-state index contributed by atoms with van der Waals surface area (Å²) >= 11 is 0. The Hall–Kier alpha value is -2.70. The molecule has 126 valence electrons. The van der Waals surface area contributed by atoms with Gasteiger partial charge in [-0.25, -0.2) is 19.9 Å². The van der Waals surface area contributed by atoms with Crippen LogP contribution in [0.5, 0.6) is 0 Å². The van der Waals surface area contributed by atoms with Gasteiger partial charge in [-0.2, -0.15) is 0 Å². The van der Waals surface area contributed by atoms with Crippen molar-refractivity contribution in [3.63, 3.8) is 0 Å². The van der Waals surface area contributed by atoms with Gasteiger partial charge in [0.1, 0.15) is 23.5 Å². The first-order valence-corrected chi connectivity index (χ1v) is 8.36. The van der Waals surface area contributed by atoms with Gasteiger partial charge in [0.25, 0.3) is 0 Å². The van der Waals surface area contributed by atoms with Gasteiger partial charge < -0.3 is 15.6 Å². The molecule has 0 unspecified atom stereocenters. The van der Waals surface area contributed by atoms with E-state index < -0.39 is 0 Å². The Morgan fingerprint density at radius 1 is 1.12 bits per heavy atom. The average Bonchev–Trinajstić information content (AvgIpc) is 3.06. The molecule has 0 aromatic carbocycles. The van der Waals surface area contributed by atoms with Crippen molar-refractivity contribution in [3.05, 3.63) is 36.2 Å². The molecular formula is C17H23N7. The first-order chi connectivity index (χ1) is 11.8. The van der Waals surface area contributed by atoms with Crippen LogP contribution in [0.2, 0.25) is 0 Å². The van der Waals surface area contributed by atoms with Crippen LogP contribution in [0.3, 0.4) is 0 Å². The summed E-state index contributed by atoms with van der Waals surface area (Å²) in [4.78, 5) is 20.7. The third-order valence-corrected chi connectivity index (χ3v) is 3.72. The lowest BCUT2D eigenvalue weighted by Gasteiger charge is -2.10. The summed E-state index contributed by atoms with van der Waals surface area (Å²) in [6.07, 6.45) is 6.63. The van der Waals surface area contributed by atoms with Gasteiger partial charge in [-0.1, -0.05) is 13.3 Å². The molecule has 0 radical (unpaired) electrons. The summed E-state index contributed by atoms with van der Waals surface area (Å²) < 4.78 is 0. The Labute approximate surface area is 141 Å². The first kappa shape index (κ1) is 16.2. The fourth-order valence-electron chi connectivity index (χ4n) is 2.54. The smallest absolute Gasteiger partial charge is 0.153 e. The van der Waals surface area contributed by atoms with E-state index in [1.54, 1.807) is 6.33 Å². The topological polar surface area (TPSA) is 91.4 Å². The van der Waals surface area contributed by atoms with Crippen LogP contribution in [0, 0.1) is 6.92 Å². The summed E-state index contributed by atoms with van der Waals surface area (Å²) in [6, 6.07) is 3.91. The van der Waals surface area contributed by atoms with Crippen LogP contribution < -0.4 is 10.6 Å². The number of H-pyrrole nitrogens is 1. The number of nitrogens with zero attached hydrogens (tertiary/aromatic N) is 4. The maximum absolute atomic E-state index is 4.58. The Bertz CT molecular complexity index is 796. The average molecular weight is 325 g/mol. The Balaban J connectivity index is 1.55. The molecule has 7 heteroatoms. The van der Waals surface area contributed by atoms with Crippen LogP contribution in [0.15, 0.2) is 24.7 Å². The minimum atomic E-state index is 0.735. The molecule has 0 bridgehead atoms. The van der Waals surface area contributed by atoms with Crippen molar-refractivity contribution >= 4 is 22.7 Å². The summed E-state index contributed by atoms with van der Waals surface area (Å²) in [5.41, 5.74) is 2.83.